The Balaban J connectivity index is 0.000000475. The Hall–Kier alpha value is -3.67. The summed E-state index contributed by atoms with van der Waals surface area (Å²) >= 11 is 0. The first kappa shape index (κ1) is 31.4. The van der Waals surface area contributed by atoms with Gasteiger partial charge >= 0.3 is 7.12 Å². The molecule has 196 valence electrons. The quantitative estimate of drug-likeness (QED) is 0.348. The number of ether oxygens (including phenoxy) is 1. The Bertz CT molecular complexity index is 1060. The third-order valence-corrected chi connectivity index (χ3v) is 5.21. The van der Waals surface area contributed by atoms with Crippen LogP contribution in [0.25, 0.3) is 0 Å². The second kappa shape index (κ2) is 18.6. The molecule has 0 fully saturated rings. The number of hydrogen-bond donors (Lipinski definition) is 3. The molecule has 0 aliphatic carbocycles. The van der Waals surface area contributed by atoms with Gasteiger partial charge in [-0.15, -0.1) is 0 Å². The molecule has 1 amide bonds. The minimum Gasteiger partial charge on any atom is -0.493 e. The molecule has 0 saturated heterocycles. The van der Waals surface area contributed by atoms with Gasteiger partial charge in [-0.05, 0) is 62.1 Å². The molecule has 2 unspecified atom stereocenters. The molecule has 0 radical (unpaired) electrons. The van der Waals surface area contributed by atoms with Gasteiger partial charge in [-0.25, -0.2) is 0 Å². The summed E-state index contributed by atoms with van der Waals surface area (Å²) in [6, 6.07) is 25.0. The summed E-state index contributed by atoms with van der Waals surface area (Å²) in [6.45, 7) is 8.05. The van der Waals surface area contributed by atoms with Crippen LogP contribution in [-0.2, 0) is 11.2 Å². The van der Waals surface area contributed by atoms with E-state index in [1.165, 1.54) is 0 Å². The molecular weight excluding hydrogens is 465 g/mol. The second-order valence-corrected chi connectivity index (χ2v) is 8.13. The highest BCUT2D eigenvalue weighted by Gasteiger charge is 2.24. The van der Waals surface area contributed by atoms with E-state index in [0.717, 1.165) is 22.6 Å². The van der Waals surface area contributed by atoms with E-state index in [1.807, 2.05) is 100 Å². The topological polar surface area (TPSA) is 115 Å². The zero-order valence-corrected chi connectivity index (χ0v) is 22.2. The first-order valence-electron chi connectivity index (χ1n) is 12.6. The fourth-order valence-corrected chi connectivity index (χ4v) is 3.21. The zero-order valence-electron chi connectivity index (χ0n) is 22.2. The minimum absolute atomic E-state index is 0.0961. The van der Waals surface area contributed by atoms with Crippen LogP contribution in [0.1, 0.15) is 56.4 Å². The average Bonchev–Trinajstić information content (AvgIpc) is 2.93. The van der Waals surface area contributed by atoms with Gasteiger partial charge in [-0.2, -0.15) is 5.26 Å². The lowest BCUT2D eigenvalue weighted by Gasteiger charge is -2.18. The molecule has 2 atom stereocenters. The summed E-state index contributed by atoms with van der Waals surface area (Å²) in [6.07, 6.45) is 2.96. The molecule has 0 aliphatic rings. The van der Waals surface area contributed by atoms with Crippen LogP contribution < -0.4 is 10.1 Å². The highest BCUT2D eigenvalue weighted by Crippen LogP contribution is 2.12. The third kappa shape index (κ3) is 13.3. The number of nitriles is 1. The number of amides is 1. The minimum atomic E-state index is -1.59. The summed E-state index contributed by atoms with van der Waals surface area (Å²) < 4.78 is 5.54. The molecule has 2 aromatic carbocycles. The van der Waals surface area contributed by atoms with Crippen molar-refractivity contribution < 1.29 is 19.6 Å². The molecule has 3 N–H and O–H groups in total. The number of hydrogen-bond acceptors (Lipinski definition) is 6. The van der Waals surface area contributed by atoms with Gasteiger partial charge in [0.2, 0.25) is 5.91 Å². The number of nitrogens with zero attached hydrogens (tertiary/aromatic N) is 2. The summed E-state index contributed by atoms with van der Waals surface area (Å²) in [7, 11) is -1.59. The van der Waals surface area contributed by atoms with Crippen LogP contribution in [0.2, 0.25) is 0 Å². The maximum atomic E-state index is 12.0. The van der Waals surface area contributed by atoms with Gasteiger partial charge in [-0.3, -0.25) is 9.78 Å². The van der Waals surface area contributed by atoms with Gasteiger partial charge in [0.25, 0.3) is 0 Å². The molecule has 37 heavy (non-hydrogen) atoms. The first-order chi connectivity index (χ1) is 17.9. The molecular formula is C29H38BN3O4. The second-order valence-electron chi connectivity index (χ2n) is 8.13. The number of nitrogens with one attached hydrogen (secondary N) is 1. The van der Waals surface area contributed by atoms with Crippen LogP contribution in [0, 0.1) is 18.3 Å². The number of carbonyl (C=O) groups excluding carboxylic acids is 1. The van der Waals surface area contributed by atoms with E-state index >= 15 is 0 Å². The predicted octanol–water partition coefficient (Wildman–Crippen LogP) is 4.63. The van der Waals surface area contributed by atoms with Crippen molar-refractivity contribution in [1.82, 2.24) is 10.3 Å². The average molecular weight is 503 g/mol. The van der Waals surface area contributed by atoms with E-state index in [2.05, 4.69) is 16.4 Å². The predicted molar refractivity (Wildman–Crippen MR) is 148 cm³/mol. The van der Waals surface area contributed by atoms with Gasteiger partial charge in [0, 0.05) is 6.20 Å². The SMILES string of the molecule is CC.CC(C#N)c1ccccn1.Cc1cccc(OCCC(=O)NC(CCc2ccccc2)B(O)O)c1. The molecule has 3 rings (SSSR count). The van der Waals surface area contributed by atoms with Crippen molar-refractivity contribution in [3.8, 4) is 11.8 Å². The molecule has 0 aliphatic heterocycles. The fourth-order valence-electron chi connectivity index (χ4n) is 3.21. The summed E-state index contributed by atoms with van der Waals surface area (Å²) in [4.78, 5) is 16.0. The van der Waals surface area contributed by atoms with Gasteiger partial charge in [0.1, 0.15) is 5.75 Å². The first-order valence-corrected chi connectivity index (χ1v) is 12.6. The van der Waals surface area contributed by atoms with Crippen LogP contribution in [0.3, 0.4) is 0 Å². The van der Waals surface area contributed by atoms with E-state index < -0.39 is 13.1 Å². The standard InChI is InChI=1S/C19H24BNO4.C8H8N2.C2H6/c1-15-6-5-9-17(14-15)25-13-12-19(22)21-18(20(23)24)11-10-16-7-3-2-4-8-16;1-7(6-9)8-4-2-3-5-10-8;1-2/h2-9,14,18,23-24H,10-13H2,1H3,(H,21,22);2-5,7H,1H3;1-2H3. The van der Waals surface area contributed by atoms with E-state index in [1.54, 1.807) is 6.20 Å². The fraction of sp³-hybridized carbons (Fsp3) is 0.345. The van der Waals surface area contributed by atoms with Crippen LogP contribution in [0.15, 0.2) is 79.0 Å². The smallest absolute Gasteiger partial charge is 0.475 e. The number of aromatic nitrogens is 1. The lowest BCUT2D eigenvalue weighted by Crippen LogP contribution is -2.47. The van der Waals surface area contributed by atoms with Crippen molar-refractivity contribution in [2.45, 2.75) is 58.8 Å². The molecule has 0 spiro atoms. The van der Waals surface area contributed by atoms with Crippen molar-refractivity contribution >= 4 is 13.0 Å². The highest BCUT2D eigenvalue weighted by atomic mass is 16.5. The van der Waals surface area contributed by atoms with E-state index in [9.17, 15) is 14.8 Å². The van der Waals surface area contributed by atoms with Crippen molar-refractivity contribution in [3.05, 3.63) is 95.8 Å². The van der Waals surface area contributed by atoms with Crippen molar-refractivity contribution in [2.24, 2.45) is 0 Å². The highest BCUT2D eigenvalue weighted by molar-refractivity contribution is 6.43. The molecule has 1 aromatic heterocycles. The maximum Gasteiger partial charge on any atom is 0.475 e. The Labute approximate surface area is 221 Å². The van der Waals surface area contributed by atoms with Crippen molar-refractivity contribution in [3.63, 3.8) is 0 Å². The lowest BCUT2D eigenvalue weighted by molar-refractivity contribution is -0.122. The summed E-state index contributed by atoms with van der Waals surface area (Å²) in [5.74, 6) is -0.345. The molecule has 0 bridgehead atoms. The molecule has 0 saturated carbocycles. The maximum absolute atomic E-state index is 12.0. The normalized spacial score (nSPS) is 11.3. The summed E-state index contributed by atoms with van der Waals surface area (Å²) in [5, 5.41) is 30.1. The lowest BCUT2D eigenvalue weighted by atomic mass is 9.76. The number of carbonyl (C=O) groups is 1. The van der Waals surface area contributed by atoms with E-state index in [4.69, 9.17) is 10.00 Å². The van der Waals surface area contributed by atoms with Crippen LogP contribution in [0.4, 0.5) is 0 Å². The number of benzene rings is 2. The largest absolute Gasteiger partial charge is 0.493 e. The Kier molecular flexibility index (Phi) is 15.8. The monoisotopic (exact) mass is 503 g/mol. The van der Waals surface area contributed by atoms with Crippen molar-refractivity contribution in [1.29, 1.82) is 5.26 Å². The van der Waals surface area contributed by atoms with Gasteiger partial charge in [0.05, 0.1) is 36.6 Å². The number of aryl methyl sites for hydroxylation is 2. The number of pyridine rings is 1. The van der Waals surface area contributed by atoms with Gasteiger partial charge in [0.15, 0.2) is 0 Å². The van der Waals surface area contributed by atoms with Crippen molar-refractivity contribution in [2.75, 3.05) is 6.61 Å². The number of rotatable bonds is 10. The van der Waals surface area contributed by atoms with Gasteiger partial charge in [-0.1, -0.05) is 62.4 Å². The summed E-state index contributed by atoms with van der Waals surface area (Å²) in [5.41, 5.74) is 3.02. The molecule has 8 heteroatoms. The Morgan fingerprint density at radius 3 is 2.38 bits per heavy atom. The Morgan fingerprint density at radius 1 is 1.08 bits per heavy atom. The van der Waals surface area contributed by atoms with Crippen LogP contribution >= 0.6 is 0 Å². The van der Waals surface area contributed by atoms with Crippen LogP contribution in [0.5, 0.6) is 5.75 Å². The van der Waals surface area contributed by atoms with Crippen LogP contribution in [-0.4, -0.2) is 40.6 Å². The molecule has 7 nitrogen and oxygen atoms in total. The van der Waals surface area contributed by atoms with E-state index in [-0.39, 0.29) is 24.9 Å². The molecule has 1 heterocycles. The third-order valence-electron chi connectivity index (χ3n) is 5.21. The zero-order chi connectivity index (χ0) is 27.5. The van der Waals surface area contributed by atoms with E-state index in [0.29, 0.717) is 12.8 Å². The Morgan fingerprint density at radius 2 is 1.78 bits per heavy atom. The molecule has 3 aromatic rings. The van der Waals surface area contributed by atoms with Gasteiger partial charge < -0.3 is 20.1 Å².